The van der Waals surface area contributed by atoms with E-state index in [0.29, 0.717) is 0 Å². The van der Waals surface area contributed by atoms with Crippen LogP contribution in [-0.2, 0) is 0 Å². The maximum absolute atomic E-state index is 6.41. The predicted octanol–water partition coefficient (Wildman–Crippen LogP) is 4.41. The van der Waals surface area contributed by atoms with Crippen LogP contribution in [0, 0.1) is 20.8 Å². The zero-order valence-corrected chi connectivity index (χ0v) is 12.1. The van der Waals surface area contributed by atoms with E-state index in [-0.39, 0.29) is 6.04 Å². The highest BCUT2D eigenvalue weighted by molar-refractivity contribution is 5.81. The normalized spacial score (nSPS) is 12.8. The Morgan fingerprint density at radius 1 is 0.950 bits per heavy atom. The van der Waals surface area contributed by atoms with Gasteiger partial charge in [-0.1, -0.05) is 36.4 Å². The van der Waals surface area contributed by atoms with Gasteiger partial charge in [0.05, 0.1) is 6.04 Å². The molecular formula is C18H19NO. The van der Waals surface area contributed by atoms with Crippen molar-refractivity contribution in [1.29, 1.82) is 0 Å². The molecule has 1 heterocycles. The topological polar surface area (TPSA) is 39.2 Å². The van der Waals surface area contributed by atoms with Crippen molar-refractivity contribution in [3.63, 3.8) is 0 Å². The van der Waals surface area contributed by atoms with Gasteiger partial charge in [0.25, 0.3) is 0 Å². The van der Waals surface area contributed by atoms with Crippen molar-refractivity contribution in [2.75, 3.05) is 0 Å². The van der Waals surface area contributed by atoms with Crippen LogP contribution in [0.4, 0.5) is 0 Å². The van der Waals surface area contributed by atoms with Crippen molar-refractivity contribution in [3.05, 3.63) is 70.5 Å². The van der Waals surface area contributed by atoms with Gasteiger partial charge in [0.1, 0.15) is 11.3 Å². The Balaban J connectivity index is 2.10. The summed E-state index contributed by atoms with van der Waals surface area (Å²) in [7, 11) is 0. The maximum Gasteiger partial charge on any atom is 0.137 e. The van der Waals surface area contributed by atoms with Gasteiger partial charge in [-0.05, 0) is 49.1 Å². The Labute approximate surface area is 119 Å². The summed E-state index contributed by atoms with van der Waals surface area (Å²) in [5.74, 6) is 0.822. The van der Waals surface area contributed by atoms with Gasteiger partial charge in [-0.15, -0.1) is 0 Å². The van der Waals surface area contributed by atoms with Gasteiger partial charge in [0.15, 0.2) is 0 Å². The van der Waals surface area contributed by atoms with Gasteiger partial charge in [-0.25, -0.2) is 0 Å². The van der Waals surface area contributed by atoms with Gasteiger partial charge < -0.3 is 10.2 Å². The summed E-state index contributed by atoms with van der Waals surface area (Å²) in [4.78, 5) is 0. The zero-order chi connectivity index (χ0) is 14.3. The highest BCUT2D eigenvalue weighted by Crippen LogP contribution is 2.30. The molecule has 0 fully saturated rings. The van der Waals surface area contributed by atoms with Crippen molar-refractivity contribution in [2.45, 2.75) is 26.8 Å². The molecule has 3 aromatic rings. The first-order valence-electron chi connectivity index (χ1n) is 6.88. The van der Waals surface area contributed by atoms with E-state index in [2.05, 4.69) is 51.1 Å². The Kier molecular flexibility index (Phi) is 3.11. The number of nitrogens with two attached hydrogens (primary N) is 1. The lowest BCUT2D eigenvalue weighted by atomic mass is 9.96. The van der Waals surface area contributed by atoms with Crippen molar-refractivity contribution < 1.29 is 4.42 Å². The van der Waals surface area contributed by atoms with E-state index < -0.39 is 0 Å². The Morgan fingerprint density at radius 2 is 1.65 bits per heavy atom. The molecule has 2 N–H and O–H groups in total. The molecule has 2 aromatic carbocycles. The average Bonchev–Trinajstić information content (AvgIpc) is 2.87. The summed E-state index contributed by atoms with van der Waals surface area (Å²) < 4.78 is 5.98. The molecule has 0 aliphatic carbocycles. The summed E-state index contributed by atoms with van der Waals surface area (Å²) >= 11 is 0. The minimum Gasteiger partial charge on any atom is -0.459 e. The molecule has 0 saturated carbocycles. The van der Waals surface area contributed by atoms with Crippen LogP contribution in [-0.4, -0.2) is 0 Å². The molecular weight excluding hydrogens is 246 g/mol. The summed E-state index contributed by atoms with van der Waals surface area (Å²) in [6.45, 7) is 6.27. The summed E-state index contributed by atoms with van der Waals surface area (Å²) in [6, 6.07) is 14.2. The fourth-order valence-corrected chi connectivity index (χ4v) is 2.65. The van der Waals surface area contributed by atoms with Gasteiger partial charge >= 0.3 is 0 Å². The second kappa shape index (κ2) is 4.80. The lowest BCUT2D eigenvalue weighted by molar-refractivity contribution is 0.522. The first-order valence-corrected chi connectivity index (χ1v) is 6.88. The molecule has 0 spiro atoms. The molecule has 0 aliphatic heterocycles. The second-order valence-electron chi connectivity index (χ2n) is 5.41. The fourth-order valence-electron chi connectivity index (χ4n) is 2.65. The van der Waals surface area contributed by atoms with Crippen molar-refractivity contribution >= 4 is 11.0 Å². The van der Waals surface area contributed by atoms with E-state index in [0.717, 1.165) is 27.9 Å². The summed E-state index contributed by atoms with van der Waals surface area (Å²) in [5, 5.41) is 1.11. The molecule has 1 atom stereocenters. The first-order chi connectivity index (χ1) is 9.58. The predicted molar refractivity (Wildman–Crippen MR) is 82.9 cm³/mol. The highest BCUT2D eigenvalue weighted by atomic mass is 16.3. The van der Waals surface area contributed by atoms with Crippen molar-refractivity contribution in [3.8, 4) is 0 Å². The SMILES string of the molecule is Cc1cccc(C(N)c2cc3cccc(C)c3o2)c1C. The third-order valence-electron chi connectivity index (χ3n) is 4.05. The van der Waals surface area contributed by atoms with Crippen LogP contribution < -0.4 is 5.73 Å². The molecule has 0 bridgehead atoms. The van der Waals surface area contributed by atoms with Crippen LogP contribution in [0.25, 0.3) is 11.0 Å². The number of hydrogen-bond donors (Lipinski definition) is 1. The monoisotopic (exact) mass is 265 g/mol. The summed E-state index contributed by atoms with van der Waals surface area (Å²) in [6.07, 6.45) is 0. The van der Waals surface area contributed by atoms with Gasteiger partial charge in [0.2, 0.25) is 0 Å². The van der Waals surface area contributed by atoms with Gasteiger partial charge in [-0.3, -0.25) is 0 Å². The van der Waals surface area contributed by atoms with Crippen molar-refractivity contribution in [2.24, 2.45) is 5.73 Å². The maximum atomic E-state index is 6.41. The van der Waals surface area contributed by atoms with E-state index in [9.17, 15) is 0 Å². The smallest absolute Gasteiger partial charge is 0.137 e. The Hall–Kier alpha value is -2.06. The number of aryl methyl sites for hydroxylation is 2. The molecule has 2 heteroatoms. The Bertz CT molecular complexity index is 770. The number of hydrogen-bond acceptors (Lipinski definition) is 2. The number of para-hydroxylation sites is 1. The van der Waals surface area contributed by atoms with Crippen LogP contribution in [0.2, 0.25) is 0 Å². The largest absolute Gasteiger partial charge is 0.459 e. The average molecular weight is 265 g/mol. The number of rotatable bonds is 2. The second-order valence-corrected chi connectivity index (χ2v) is 5.41. The van der Waals surface area contributed by atoms with Crippen LogP contribution in [0.1, 0.15) is 34.1 Å². The molecule has 0 radical (unpaired) electrons. The van der Waals surface area contributed by atoms with Crippen LogP contribution in [0.3, 0.4) is 0 Å². The van der Waals surface area contributed by atoms with E-state index in [1.165, 1.54) is 11.1 Å². The van der Waals surface area contributed by atoms with Crippen LogP contribution in [0.5, 0.6) is 0 Å². The van der Waals surface area contributed by atoms with E-state index in [1.807, 2.05) is 12.1 Å². The van der Waals surface area contributed by atoms with Gasteiger partial charge in [-0.2, -0.15) is 0 Å². The lowest BCUT2D eigenvalue weighted by Crippen LogP contribution is -2.12. The van der Waals surface area contributed by atoms with E-state index in [4.69, 9.17) is 10.2 Å². The Morgan fingerprint density at radius 3 is 2.40 bits per heavy atom. The molecule has 0 saturated heterocycles. The first kappa shape index (κ1) is 12.9. The number of benzene rings is 2. The fraction of sp³-hybridized carbons (Fsp3) is 0.222. The molecule has 0 amide bonds. The van der Waals surface area contributed by atoms with E-state index >= 15 is 0 Å². The lowest BCUT2D eigenvalue weighted by Gasteiger charge is -2.14. The number of fused-ring (bicyclic) bond motifs is 1. The quantitative estimate of drug-likeness (QED) is 0.745. The summed E-state index contributed by atoms with van der Waals surface area (Å²) in [5.41, 5.74) is 12.1. The standard InChI is InChI=1S/C18H19NO/c1-11-6-5-9-15(13(11)3)17(19)16-10-14-8-4-7-12(2)18(14)20-16/h4-10,17H,19H2,1-3H3. The molecule has 3 rings (SSSR count). The van der Waals surface area contributed by atoms with Gasteiger partial charge in [0, 0.05) is 5.39 Å². The third kappa shape index (κ3) is 2.02. The zero-order valence-electron chi connectivity index (χ0n) is 12.1. The molecule has 102 valence electrons. The van der Waals surface area contributed by atoms with Crippen LogP contribution in [0.15, 0.2) is 46.9 Å². The minimum atomic E-state index is -0.221. The molecule has 0 aliphatic rings. The molecule has 2 nitrogen and oxygen atoms in total. The minimum absolute atomic E-state index is 0.221. The number of furan rings is 1. The van der Waals surface area contributed by atoms with Crippen molar-refractivity contribution in [1.82, 2.24) is 0 Å². The van der Waals surface area contributed by atoms with Crippen LogP contribution >= 0.6 is 0 Å². The molecule has 1 aromatic heterocycles. The highest BCUT2D eigenvalue weighted by Gasteiger charge is 2.17. The molecule has 20 heavy (non-hydrogen) atoms. The third-order valence-corrected chi connectivity index (χ3v) is 4.05. The van der Waals surface area contributed by atoms with E-state index in [1.54, 1.807) is 0 Å². The molecule has 1 unspecified atom stereocenters.